The van der Waals surface area contributed by atoms with Crippen molar-refractivity contribution in [1.29, 1.82) is 4.78 Å². The van der Waals surface area contributed by atoms with Gasteiger partial charge >= 0.3 is 0 Å². The lowest BCUT2D eigenvalue weighted by Gasteiger charge is -2.45. The largest absolute Gasteiger partial charge is 0.444 e. The fourth-order valence-electron chi connectivity index (χ4n) is 5.11. The lowest BCUT2D eigenvalue weighted by Crippen LogP contribution is -2.51. The molecule has 10 nitrogen and oxygen atoms in total. The molecular weight excluding hydrogens is 507 g/mol. The van der Waals surface area contributed by atoms with Crippen molar-refractivity contribution in [3.8, 4) is 0 Å². The van der Waals surface area contributed by atoms with Gasteiger partial charge in [-0.3, -0.25) is 0 Å². The molecular formula is C26H34FN8O2S-. The predicted octanol–water partition coefficient (Wildman–Crippen LogP) is 4.40. The molecule has 3 atom stereocenters. The number of hydrogen-bond donors (Lipinski definition) is 2. The van der Waals surface area contributed by atoms with Gasteiger partial charge in [0.15, 0.2) is 0 Å². The first-order valence-corrected chi connectivity index (χ1v) is 14.1. The van der Waals surface area contributed by atoms with Crippen LogP contribution in [0.25, 0.3) is 10.8 Å². The molecule has 0 unspecified atom stereocenters. The van der Waals surface area contributed by atoms with Crippen LogP contribution in [0.3, 0.4) is 0 Å². The van der Waals surface area contributed by atoms with Crippen LogP contribution in [-0.4, -0.2) is 70.8 Å². The second-order valence-electron chi connectivity index (χ2n) is 10.4. The van der Waals surface area contributed by atoms with Crippen molar-refractivity contribution in [1.82, 2.24) is 19.9 Å². The minimum absolute atomic E-state index is 0.165. The molecule has 0 bridgehead atoms. The summed E-state index contributed by atoms with van der Waals surface area (Å²) in [5.41, 5.74) is 1.12. The molecule has 2 N–H and O–H groups in total. The zero-order valence-electron chi connectivity index (χ0n) is 22.1. The summed E-state index contributed by atoms with van der Waals surface area (Å²) in [6.07, 6.45) is 4.51. The molecule has 3 aromatic rings. The van der Waals surface area contributed by atoms with E-state index in [4.69, 9.17) is 14.5 Å². The van der Waals surface area contributed by atoms with Crippen molar-refractivity contribution in [3.05, 3.63) is 36.3 Å². The lowest BCUT2D eigenvalue weighted by atomic mass is 9.94. The number of aromatic nitrogens is 4. The van der Waals surface area contributed by atoms with Crippen LogP contribution in [0.1, 0.15) is 38.7 Å². The van der Waals surface area contributed by atoms with E-state index in [0.717, 1.165) is 35.2 Å². The van der Waals surface area contributed by atoms with E-state index in [1.165, 1.54) is 7.11 Å². The molecule has 0 spiro atoms. The number of fused-ring (bicyclic) bond motifs is 1. The molecule has 12 heteroatoms. The second-order valence-corrected chi connectivity index (χ2v) is 11.7. The Kier molecular flexibility index (Phi) is 7.62. The van der Waals surface area contributed by atoms with E-state index in [9.17, 15) is 8.60 Å². The Labute approximate surface area is 224 Å². The van der Waals surface area contributed by atoms with Crippen LogP contribution in [0, 0.1) is 10.7 Å². The highest BCUT2D eigenvalue weighted by atomic mass is 32.2. The normalized spacial score (nSPS) is 21.2. The summed E-state index contributed by atoms with van der Waals surface area (Å²) >= 11 is 0. The summed E-state index contributed by atoms with van der Waals surface area (Å²) in [7, 11) is -0.0433. The summed E-state index contributed by atoms with van der Waals surface area (Å²) in [5.74, 6) is 3.02. The smallest absolute Gasteiger partial charge is 0.227 e. The molecule has 2 aliphatic heterocycles. The third-order valence-electron chi connectivity index (χ3n) is 7.58. The molecule has 0 aliphatic carbocycles. The molecule has 2 saturated heterocycles. The first-order chi connectivity index (χ1) is 18.2. The third-order valence-corrected chi connectivity index (χ3v) is 8.64. The van der Waals surface area contributed by atoms with Gasteiger partial charge in [0.25, 0.3) is 0 Å². The number of nitrogens with zero attached hydrogens (tertiary/aromatic N) is 6. The summed E-state index contributed by atoms with van der Waals surface area (Å²) in [6, 6.07) is 3.78. The predicted molar refractivity (Wildman–Crippen MR) is 147 cm³/mol. The van der Waals surface area contributed by atoms with Crippen LogP contribution in [0.4, 0.5) is 27.8 Å². The van der Waals surface area contributed by atoms with Gasteiger partial charge in [0.2, 0.25) is 5.95 Å². The minimum Gasteiger partial charge on any atom is -0.444 e. The van der Waals surface area contributed by atoms with Gasteiger partial charge < -0.3 is 28.8 Å². The number of hydrogen-bond acceptors (Lipinski definition) is 11. The SMILES string of the molecule is CO[C@H]1CCN(c2nccc(Nc3cc4c(C(C)C)cnc(N5CC([C@H](C)[S-](=N)=O)C5)c4cn3)n2)C[C@H]1F. The number of halogens is 1. The van der Waals surface area contributed by atoms with Gasteiger partial charge in [0, 0.05) is 50.7 Å². The van der Waals surface area contributed by atoms with Crippen LogP contribution in [0.15, 0.2) is 30.7 Å². The Balaban J connectivity index is 1.38. The summed E-state index contributed by atoms with van der Waals surface area (Å²) in [4.78, 5) is 22.4. The highest BCUT2D eigenvalue weighted by molar-refractivity contribution is 7.74. The highest BCUT2D eigenvalue weighted by Gasteiger charge is 2.32. The zero-order valence-corrected chi connectivity index (χ0v) is 22.9. The first kappa shape index (κ1) is 26.5. The average Bonchev–Trinajstić information content (AvgIpc) is 2.87. The Morgan fingerprint density at radius 3 is 2.58 bits per heavy atom. The summed E-state index contributed by atoms with van der Waals surface area (Å²) in [6.45, 7) is 8.40. The van der Waals surface area contributed by atoms with E-state index >= 15 is 0 Å². The molecule has 5 rings (SSSR count). The quantitative estimate of drug-likeness (QED) is 0.400. The topological polar surface area (TPSA) is 120 Å². The van der Waals surface area contributed by atoms with Gasteiger partial charge in [-0.2, -0.15) is 15.6 Å². The van der Waals surface area contributed by atoms with Gasteiger partial charge in [-0.1, -0.05) is 26.0 Å². The fraction of sp³-hybridized carbons (Fsp3) is 0.538. The van der Waals surface area contributed by atoms with E-state index in [0.29, 0.717) is 30.5 Å². The van der Waals surface area contributed by atoms with Crippen LogP contribution < -0.4 is 15.1 Å². The lowest BCUT2D eigenvalue weighted by molar-refractivity contribution is 0.0194. The van der Waals surface area contributed by atoms with Crippen molar-refractivity contribution in [2.75, 3.05) is 48.4 Å². The number of anilines is 4. The summed E-state index contributed by atoms with van der Waals surface area (Å²) in [5, 5.41) is 5.13. The van der Waals surface area contributed by atoms with E-state index in [1.54, 1.807) is 12.3 Å². The van der Waals surface area contributed by atoms with Gasteiger partial charge in [0.1, 0.15) is 23.6 Å². The zero-order chi connectivity index (χ0) is 27.0. The maximum Gasteiger partial charge on any atom is 0.227 e. The van der Waals surface area contributed by atoms with Crippen molar-refractivity contribution in [2.24, 2.45) is 5.92 Å². The third kappa shape index (κ3) is 5.24. The maximum atomic E-state index is 14.4. The summed E-state index contributed by atoms with van der Waals surface area (Å²) < 4.78 is 38.8. The molecule has 0 amide bonds. The number of nitrogens with one attached hydrogen (secondary N) is 2. The second kappa shape index (κ2) is 10.9. The molecule has 38 heavy (non-hydrogen) atoms. The Hall–Kier alpha value is -3.12. The fourth-order valence-corrected chi connectivity index (χ4v) is 5.63. The van der Waals surface area contributed by atoms with Crippen molar-refractivity contribution in [3.63, 3.8) is 0 Å². The van der Waals surface area contributed by atoms with Gasteiger partial charge in [-0.25, -0.2) is 19.3 Å². The maximum absolute atomic E-state index is 14.4. The van der Waals surface area contributed by atoms with Gasteiger partial charge in [-0.05, 0) is 41.3 Å². The molecule has 0 saturated carbocycles. The standard InChI is InChI=1S/C26H34FN8O2S/c1-15(2)19-10-31-25(35-12-17(13-35)16(3)38(28)36)20-11-30-24(9-18(19)20)32-23-5-7-29-26(33-23)34-8-6-22(37-4)21(27)14-34/h5,7,9-11,15-17,21-22,28H,6,8,12-14H2,1-4H3,(H,29,30,32,33)/q-1/t16-,21+,22-/m0/s1. The molecule has 0 aromatic carbocycles. The van der Waals surface area contributed by atoms with E-state index in [2.05, 4.69) is 39.0 Å². The van der Waals surface area contributed by atoms with Crippen LogP contribution >= 0.6 is 0 Å². The Bertz CT molecular complexity index is 1370. The number of pyridine rings is 2. The number of methoxy groups -OCH3 is 1. The van der Waals surface area contributed by atoms with Gasteiger partial charge in [-0.15, -0.1) is 0 Å². The Morgan fingerprint density at radius 2 is 1.89 bits per heavy atom. The molecule has 3 aromatic heterocycles. The van der Waals surface area contributed by atoms with Gasteiger partial charge in [0.05, 0.1) is 12.6 Å². The van der Waals surface area contributed by atoms with Crippen molar-refractivity contribution >= 4 is 44.8 Å². The molecule has 0 radical (unpaired) electrons. The average molecular weight is 542 g/mol. The number of ether oxygens (including phenoxy) is 1. The number of alkyl halides is 1. The molecule has 204 valence electrons. The Morgan fingerprint density at radius 1 is 1.11 bits per heavy atom. The van der Waals surface area contributed by atoms with Crippen LogP contribution in [0.2, 0.25) is 0 Å². The molecule has 2 fully saturated rings. The first-order valence-electron chi connectivity index (χ1n) is 12.9. The highest BCUT2D eigenvalue weighted by Crippen LogP contribution is 2.36. The van der Waals surface area contributed by atoms with E-state index < -0.39 is 22.9 Å². The minimum atomic E-state index is -1.58. The van der Waals surface area contributed by atoms with Crippen molar-refractivity contribution in [2.45, 2.75) is 50.6 Å². The van der Waals surface area contributed by atoms with Crippen LogP contribution in [0.5, 0.6) is 0 Å². The van der Waals surface area contributed by atoms with E-state index in [-0.39, 0.29) is 23.6 Å². The molecule has 5 heterocycles. The van der Waals surface area contributed by atoms with Crippen LogP contribution in [-0.2, 0) is 19.5 Å². The number of rotatable bonds is 8. The monoisotopic (exact) mass is 541 g/mol. The van der Waals surface area contributed by atoms with Crippen molar-refractivity contribution < 1.29 is 13.3 Å². The molecule has 2 aliphatic rings. The number of piperidine rings is 1. The van der Waals surface area contributed by atoms with E-state index in [1.807, 2.05) is 30.3 Å².